The van der Waals surface area contributed by atoms with E-state index in [2.05, 4.69) is 6.92 Å². The molecule has 0 aliphatic rings. The monoisotopic (exact) mass is 544 g/mol. The number of rotatable bonds is 12. The largest absolute Gasteiger partial charge is 0.489 e. The molecule has 0 aliphatic carbocycles. The molecule has 2 unspecified atom stereocenters. The second-order valence-electron chi connectivity index (χ2n) is 9.87. The molecule has 2 atom stereocenters. The first-order chi connectivity index (χ1) is 19.3. The number of nitrogens with zero attached hydrogens (tertiary/aromatic N) is 1. The Morgan fingerprint density at radius 2 is 1.52 bits per heavy atom. The second kappa shape index (κ2) is 13.8. The highest BCUT2D eigenvalue weighted by Crippen LogP contribution is 2.20. The molecule has 3 N–H and O–H groups in total. The average Bonchev–Trinajstić information content (AvgIpc) is 2.95. The van der Waals surface area contributed by atoms with E-state index in [0.717, 1.165) is 29.2 Å². The number of aliphatic hydroxyl groups excluding tert-OH is 1. The molecule has 4 aromatic rings. The molecule has 5 nitrogen and oxygen atoms in total. The maximum Gasteiger partial charge on any atom is 0.254 e. The number of hydrogen-bond donors (Lipinski definition) is 2. The molecule has 0 aliphatic heterocycles. The van der Waals surface area contributed by atoms with E-state index in [-0.39, 0.29) is 25.4 Å². The SMILES string of the molecule is CCc1cccc(CN(CC(O)C(N)Cc2cc(F)cc(F)c2)C(=O)c2cccc(OCc3ccccc3)c2)c1. The van der Waals surface area contributed by atoms with Crippen molar-refractivity contribution >= 4 is 5.91 Å². The van der Waals surface area contributed by atoms with Crippen molar-refractivity contribution in [3.8, 4) is 5.75 Å². The molecule has 0 bridgehead atoms. The predicted molar refractivity (Wildman–Crippen MR) is 152 cm³/mol. The molecule has 0 radical (unpaired) electrons. The van der Waals surface area contributed by atoms with Crippen molar-refractivity contribution in [3.63, 3.8) is 0 Å². The fourth-order valence-electron chi connectivity index (χ4n) is 4.53. The highest BCUT2D eigenvalue weighted by atomic mass is 19.1. The van der Waals surface area contributed by atoms with Gasteiger partial charge in [0, 0.05) is 30.8 Å². The van der Waals surface area contributed by atoms with E-state index in [9.17, 15) is 18.7 Å². The van der Waals surface area contributed by atoms with Gasteiger partial charge in [0.15, 0.2) is 0 Å². The van der Waals surface area contributed by atoms with Gasteiger partial charge in [-0.15, -0.1) is 0 Å². The summed E-state index contributed by atoms with van der Waals surface area (Å²) in [5, 5.41) is 11.0. The number of aryl methyl sites for hydroxylation is 1. The summed E-state index contributed by atoms with van der Waals surface area (Å²) in [4.78, 5) is 15.3. The van der Waals surface area contributed by atoms with Gasteiger partial charge >= 0.3 is 0 Å². The van der Waals surface area contributed by atoms with Gasteiger partial charge in [-0.05, 0) is 65.4 Å². The molecule has 208 valence electrons. The van der Waals surface area contributed by atoms with Gasteiger partial charge in [0.25, 0.3) is 5.91 Å². The van der Waals surface area contributed by atoms with Crippen LogP contribution in [-0.4, -0.2) is 34.6 Å². The van der Waals surface area contributed by atoms with Crippen LogP contribution in [0.4, 0.5) is 8.78 Å². The number of nitrogens with two attached hydrogens (primary N) is 1. The van der Waals surface area contributed by atoms with E-state index in [4.69, 9.17) is 10.5 Å². The topological polar surface area (TPSA) is 75.8 Å². The molecule has 40 heavy (non-hydrogen) atoms. The third-order valence-electron chi connectivity index (χ3n) is 6.69. The van der Waals surface area contributed by atoms with Gasteiger partial charge in [-0.2, -0.15) is 0 Å². The summed E-state index contributed by atoms with van der Waals surface area (Å²) >= 11 is 0. The Kier molecular flexibility index (Phi) is 10.00. The van der Waals surface area contributed by atoms with Crippen molar-refractivity contribution in [1.82, 2.24) is 4.90 Å². The predicted octanol–water partition coefficient (Wildman–Crippen LogP) is 5.68. The van der Waals surface area contributed by atoms with E-state index in [1.165, 1.54) is 12.1 Å². The Hall–Kier alpha value is -4.07. The standard InChI is InChI=1S/C33H34F2N2O3/c1-2-23-10-6-11-25(14-23)20-37(21-32(38)31(36)17-26-15-28(34)19-29(35)16-26)33(39)27-12-7-13-30(18-27)40-22-24-8-4-3-5-9-24/h3-16,18-19,31-32,38H,2,17,20-22,36H2,1H3. The van der Waals surface area contributed by atoms with Gasteiger partial charge in [-0.25, -0.2) is 8.78 Å². The summed E-state index contributed by atoms with van der Waals surface area (Å²) in [6, 6.07) is 26.9. The van der Waals surface area contributed by atoms with Crippen molar-refractivity contribution in [2.75, 3.05) is 6.54 Å². The first-order valence-electron chi connectivity index (χ1n) is 13.3. The highest BCUT2D eigenvalue weighted by molar-refractivity contribution is 5.94. The lowest BCUT2D eigenvalue weighted by Gasteiger charge is -2.28. The highest BCUT2D eigenvalue weighted by Gasteiger charge is 2.24. The number of ether oxygens (including phenoxy) is 1. The molecular formula is C33H34F2N2O3. The van der Waals surface area contributed by atoms with Crippen LogP contribution in [-0.2, 0) is 26.0 Å². The minimum Gasteiger partial charge on any atom is -0.489 e. The van der Waals surface area contributed by atoms with Gasteiger partial charge in [0.05, 0.1) is 6.10 Å². The number of halogens is 2. The lowest BCUT2D eigenvalue weighted by Crippen LogP contribution is -2.46. The third kappa shape index (κ3) is 8.21. The molecule has 7 heteroatoms. The molecule has 4 rings (SSSR count). The summed E-state index contributed by atoms with van der Waals surface area (Å²) in [5.41, 5.74) is 10.0. The molecular weight excluding hydrogens is 510 g/mol. The first-order valence-corrected chi connectivity index (χ1v) is 13.3. The summed E-state index contributed by atoms with van der Waals surface area (Å²) in [5.74, 6) is -1.17. The minimum absolute atomic E-state index is 0.0476. The van der Waals surface area contributed by atoms with Crippen LogP contribution in [0.2, 0.25) is 0 Å². The van der Waals surface area contributed by atoms with Crippen LogP contribution in [0.3, 0.4) is 0 Å². The zero-order valence-electron chi connectivity index (χ0n) is 22.5. The molecule has 0 aromatic heterocycles. The summed E-state index contributed by atoms with van der Waals surface area (Å²) in [6.07, 6.45) is -0.242. The molecule has 0 spiro atoms. The Morgan fingerprint density at radius 3 is 2.25 bits per heavy atom. The zero-order valence-corrected chi connectivity index (χ0v) is 22.5. The molecule has 0 fully saturated rings. The van der Waals surface area contributed by atoms with E-state index in [0.29, 0.717) is 23.5 Å². The number of carbonyl (C=O) groups is 1. The van der Waals surface area contributed by atoms with Crippen molar-refractivity contribution in [1.29, 1.82) is 0 Å². The fraction of sp³-hybridized carbons (Fsp3) is 0.242. The molecule has 0 saturated heterocycles. The number of aliphatic hydroxyl groups is 1. The summed E-state index contributed by atoms with van der Waals surface area (Å²) < 4.78 is 33.2. The molecule has 0 saturated carbocycles. The van der Waals surface area contributed by atoms with Crippen LogP contribution in [0.15, 0.2) is 97.1 Å². The number of amides is 1. The van der Waals surface area contributed by atoms with E-state index in [1.54, 1.807) is 29.2 Å². The third-order valence-corrected chi connectivity index (χ3v) is 6.69. The summed E-state index contributed by atoms with van der Waals surface area (Å²) in [6.45, 7) is 2.60. The Bertz CT molecular complexity index is 1390. The molecule has 0 heterocycles. The zero-order chi connectivity index (χ0) is 28.5. The van der Waals surface area contributed by atoms with Crippen molar-refractivity contribution in [2.45, 2.75) is 45.1 Å². The van der Waals surface area contributed by atoms with Crippen LogP contribution in [0.1, 0.15) is 39.5 Å². The number of hydrogen-bond acceptors (Lipinski definition) is 4. The second-order valence-corrected chi connectivity index (χ2v) is 9.87. The Labute approximate surface area is 233 Å². The van der Waals surface area contributed by atoms with Gasteiger partial charge in [0.2, 0.25) is 0 Å². The van der Waals surface area contributed by atoms with Crippen LogP contribution in [0.5, 0.6) is 5.75 Å². The van der Waals surface area contributed by atoms with Gasteiger partial charge in [-0.1, -0.05) is 67.6 Å². The van der Waals surface area contributed by atoms with E-state index >= 15 is 0 Å². The quantitative estimate of drug-likeness (QED) is 0.241. The van der Waals surface area contributed by atoms with Crippen LogP contribution < -0.4 is 10.5 Å². The lowest BCUT2D eigenvalue weighted by atomic mass is 10.0. The van der Waals surface area contributed by atoms with Gasteiger partial charge < -0.3 is 20.5 Å². The molecule has 4 aromatic carbocycles. The number of benzene rings is 4. The van der Waals surface area contributed by atoms with E-state index < -0.39 is 23.8 Å². The maximum absolute atomic E-state index is 13.8. The number of carbonyl (C=O) groups excluding carboxylic acids is 1. The summed E-state index contributed by atoms with van der Waals surface area (Å²) in [7, 11) is 0. The van der Waals surface area contributed by atoms with Crippen molar-refractivity contribution < 1.29 is 23.4 Å². The van der Waals surface area contributed by atoms with E-state index in [1.807, 2.05) is 54.6 Å². The Morgan fingerprint density at radius 1 is 0.850 bits per heavy atom. The van der Waals surface area contributed by atoms with Crippen LogP contribution in [0.25, 0.3) is 0 Å². The first kappa shape index (κ1) is 28.9. The van der Waals surface area contributed by atoms with Gasteiger partial charge in [0.1, 0.15) is 24.0 Å². The maximum atomic E-state index is 13.8. The lowest BCUT2D eigenvalue weighted by molar-refractivity contribution is 0.0554. The fourth-order valence-corrected chi connectivity index (χ4v) is 4.53. The Balaban J connectivity index is 1.52. The van der Waals surface area contributed by atoms with Crippen LogP contribution >= 0.6 is 0 Å². The average molecular weight is 545 g/mol. The van der Waals surface area contributed by atoms with Crippen molar-refractivity contribution in [2.24, 2.45) is 5.73 Å². The molecule has 1 amide bonds. The normalized spacial score (nSPS) is 12.5. The van der Waals surface area contributed by atoms with Gasteiger partial charge in [-0.3, -0.25) is 4.79 Å². The van der Waals surface area contributed by atoms with Crippen molar-refractivity contribution in [3.05, 3.63) is 137 Å². The van der Waals surface area contributed by atoms with Crippen LogP contribution in [0, 0.1) is 11.6 Å². The smallest absolute Gasteiger partial charge is 0.254 e. The minimum atomic E-state index is -1.14.